The second-order valence-electron chi connectivity index (χ2n) is 5.16. The molecule has 0 spiro atoms. The zero-order chi connectivity index (χ0) is 11.5. The van der Waals surface area contributed by atoms with E-state index < -0.39 is 0 Å². The van der Waals surface area contributed by atoms with Crippen molar-refractivity contribution in [2.45, 2.75) is 56.9 Å². The molecule has 1 aliphatic rings. The van der Waals surface area contributed by atoms with E-state index in [1.165, 1.54) is 19.3 Å². The molecule has 1 saturated carbocycles. The lowest BCUT2D eigenvalue weighted by atomic mass is 10.1. The minimum absolute atomic E-state index is 0.00103. The zero-order valence-corrected chi connectivity index (χ0v) is 11.0. The van der Waals surface area contributed by atoms with Crippen LogP contribution in [-0.4, -0.2) is 29.0 Å². The largest absolute Gasteiger partial charge is 0.370 e. The Hall–Kier alpha value is -0.380. The second kappa shape index (κ2) is 5.10. The zero-order valence-electron chi connectivity index (χ0n) is 10.2. The van der Waals surface area contributed by atoms with Gasteiger partial charge < -0.3 is 11.1 Å². The third-order valence-electron chi connectivity index (χ3n) is 2.53. The van der Waals surface area contributed by atoms with Crippen molar-refractivity contribution in [3.8, 4) is 0 Å². The monoisotopic (exact) mass is 229 g/mol. The standard InChI is InChI=1S/C11H23N3S/c1-11(2,3)14-10(12)13-8-6-5-7-9(8)15-4/h8-9H,5-7H2,1-4H3,(H3,12,13,14). The molecule has 2 unspecified atom stereocenters. The molecule has 4 heteroatoms. The van der Waals surface area contributed by atoms with Crippen molar-refractivity contribution in [3.63, 3.8) is 0 Å². The minimum Gasteiger partial charge on any atom is -0.370 e. The number of guanidine groups is 1. The van der Waals surface area contributed by atoms with Gasteiger partial charge in [0, 0.05) is 10.8 Å². The highest BCUT2D eigenvalue weighted by Gasteiger charge is 2.26. The van der Waals surface area contributed by atoms with Crippen LogP contribution >= 0.6 is 11.8 Å². The molecule has 15 heavy (non-hydrogen) atoms. The Labute approximate surface area is 97.3 Å². The Morgan fingerprint density at radius 3 is 2.60 bits per heavy atom. The highest BCUT2D eigenvalue weighted by atomic mass is 32.2. The van der Waals surface area contributed by atoms with Gasteiger partial charge in [0.25, 0.3) is 0 Å². The fourth-order valence-corrected chi connectivity index (χ4v) is 2.84. The van der Waals surface area contributed by atoms with Crippen molar-refractivity contribution >= 4 is 17.7 Å². The normalized spacial score (nSPS) is 28.1. The summed E-state index contributed by atoms with van der Waals surface area (Å²) >= 11 is 1.91. The van der Waals surface area contributed by atoms with E-state index in [9.17, 15) is 0 Å². The molecular weight excluding hydrogens is 206 g/mol. The molecule has 3 N–H and O–H groups in total. The van der Waals surface area contributed by atoms with Crippen LogP contribution in [0, 0.1) is 0 Å². The summed E-state index contributed by atoms with van der Waals surface area (Å²) in [6.45, 7) is 6.28. The van der Waals surface area contributed by atoms with Crippen LogP contribution in [0.15, 0.2) is 4.99 Å². The van der Waals surface area contributed by atoms with E-state index in [0.29, 0.717) is 17.3 Å². The number of nitrogens with one attached hydrogen (secondary N) is 1. The first-order chi connectivity index (χ1) is 6.92. The maximum atomic E-state index is 5.89. The predicted octanol–water partition coefficient (Wildman–Crippen LogP) is 1.97. The van der Waals surface area contributed by atoms with Crippen molar-refractivity contribution in [1.82, 2.24) is 5.32 Å². The summed E-state index contributed by atoms with van der Waals surface area (Å²) in [5, 5.41) is 3.87. The number of rotatable bonds is 2. The summed E-state index contributed by atoms with van der Waals surface area (Å²) in [5.41, 5.74) is 5.89. The van der Waals surface area contributed by atoms with Gasteiger partial charge in [-0.15, -0.1) is 0 Å². The lowest BCUT2D eigenvalue weighted by Crippen LogP contribution is -2.45. The minimum atomic E-state index is 0.00103. The Bertz CT molecular complexity index is 232. The number of thioether (sulfide) groups is 1. The molecule has 0 amide bonds. The van der Waals surface area contributed by atoms with Crippen molar-refractivity contribution in [2.75, 3.05) is 6.26 Å². The van der Waals surface area contributed by atoms with Gasteiger partial charge in [0.15, 0.2) is 5.96 Å². The summed E-state index contributed by atoms with van der Waals surface area (Å²) in [6, 6.07) is 0.412. The third-order valence-corrected chi connectivity index (χ3v) is 3.68. The summed E-state index contributed by atoms with van der Waals surface area (Å²) < 4.78 is 0. The first kappa shape index (κ1) is 12.7. The van der Waals surface area contributed by atoms with Crippen molar-refractivity contribution in [1.29, 1.82) is 0 Å². The van der Waals surface area contributed by atoms with Crippen molar-refractivity contribution in [3.05, 3.63) is 0 Å². The SMILES string of the molecule is CSC1CCCC1N=C(N)NC(C)(C)C. The molecule has 0 bridgehead atoms. The van der Waals surface area contributed by atoms with Crippen LogP contribution in [0.1, 0.15) is 40.0 Å². The van der Waals surface area contributed by atoms with Crippen molar-refractivity contribution < 1.29 is 0 Å². The van der Waals surface area contributed by atoms with Gasteiger partial charge in [-0.25, -0.2) is 4.99 Å². The molecule has 1 fully saturated rings. The second-order valence-corrected chi connectivity index (χ2v) is 6.24. The molecule has 1 rings (SSSR count). The smallest absolute Gasteiger partial charge is 0.189 e. The van der Waals surface area contributed by atoms with Gasteiger partial charge in [-0.2, -0.15) is 11.8 Å². The maximum absolute atomic E-state index is 5.89. The van der Waals surface area contributed by atoms with Crippen molar-refractivity contribution in [2.24, 2.45) is 10.7 Å². The van der Waals surface area contributed by atoms with Crippen LogP contribution in [0.5, 0.6) is 0 Å². The average molecular weight is 229 g/mol. The van der Waals surface area contributed by atoms with E-state index >= 15 is 0 Å². The molecule has 0 aromatic rings. The maximum Gasteiger partial charge on any atom is 0.189 e. The number of aliphatic imine (C=N–C) groups is 1. The Balaban J connectivity index is 2.54. The van der Waals surface area contributed by atoms with Crippen LogP contribution in [0.2, 0.25) is 0 Å². The van der Waals surface area contributed by atoms with Crippen LogP contribution in [-0.2, 0) is 0 Å². The highest BCUT2D eigenvalue weighted by Crippen LogP contribution is 2.30. The molecule has 1 aliphatic carbocycles. The van der Waals surface area contributed by atoms with Gasteiger partial charge in [-0.1, -0.05) is 6.42 Å². The van der Waals surface area contributed by atoms with Crippen LogP contribution in [0.25, 0.3) is 0 Å². The van der Waals surface area contributed by atoms with Gasteiger partial charge in [-0.3, -0.25) is 0 Å². The molecule has 88 valence electrons. The van der Waals surface area contributed by atoms with Crippen LogP contribution in [0.4, 0.5) is 0 Å². The van der Waals surface area contributed by atoms with Gasteiger partial charge in [0.2, 0.25) is 0 Å². The fourth-order valence-electron chi connectivity index (χ4n) is 1.92. The van der Waals surface area contributed by atoms with E-state index in [0.717, 1.165) is 0 Å². The topological polar surface area (TPSA) is 50.4 Å². The Morgan fingerprint density at radius 2 is 2.07 bits per heavy atom. The number of nitrogens with two attached hydrogens (primary N) is 1. The van der Waals surface area contributed by atoms with E-state index in [1.807, 2.05) is 11.8 Å². The predicted molar refractivity (Wildman–Crippen MR) is 69.5 cm³/mol. The molecule has 0 radical (unpaired) electrons. The first-order valence-corrected chi connectivity index (χ1v) is 6.85. The molecule has 0 aromatic carbocycles. The molecular formula is C11H23N3S. The van der Waals surface area contributed by atoms with Gasteiger partial charge in [-0.05, 0) is 39.9 Å². The Morgan fingerprint density at radius 1 is 1.40 bits per heavy atom. The molecule has 2 atom stereocenters. The average Bonchev–Trinajstić information content (AvgIpc) is 2.48. The third kappa shape index (κ3) is 4.33. The summed E-state index contributed by atoms with van der Waals surface area (Å²) in [4.78, 5) is 4.58. The molecule has 0 aliphatic heterocycles. The fraction of sp³-hybridized carbons (Fsp3) is 0.909. The van der Waals surface area contributed by atoms with E-state index in [-0.39, 0.29) is 5.54 Å². The molecule has 0 heterocycles. The van der Waals surface area contributed by atoms with Gasteiger partial charge in [0.1, 0.15) is 0 Å². The summed E-state index contributed by atoms with van der Waals surface area (Å²) in [7, 11) is 0. The van der Waals surface area contributed by atoms with E-state index in [2.05, 4.69) is 37.3 Å². The number of hydrogen-bond donors (Lipinski definition) is 2. The first-order valence-electron chi connectivity index (χ1n) is 5.56. The number of nitrogens with zero attached hydrogens (tertiary/aromatic N) is 1. The summed E-state index contributed by atoms with van der Waals surface area (Å²) in [6.07, 6.45) is 5.89. The number of hydrogen-bond acceptors (Lipinski definition) is 2. The lowest BCUT2D eigenvalue weighted by Gasteiger charge is -2.22. The van der Waals surface area contributed by atoms with Gasteiger partial charge in [0.05, 0.1) is 6.04 Å². The summed E-state index contributed by atoms with van der Waals surface area (Å²) in [5.74, 6) is 0.591. The molecule has 3 nitrogen and oxygen atoms in total. The molecule has 0 aromatic heterocycles. The molecule has 0 saturated heterocycles. The van der Waals surface area contributed by atoms with E-state index in [4.69, 9.17) is 5.73 Å². The van der Waals surface area contributed by atoms with Crippen LogP contribution in [0.3, 0.4) is 0 Å². The quantitative estimate of drug-likeness (QED) is 0.562. The lowest BCUT2D eigenvalue weighted by molar-refractivity contribution is 0.506. The highest BCUT2D eigenvalue weighted by molar-refractivity contribution is 7.99. The Kier molecular flexibility index (Phi) is 4.32. The van der Waals surface area contributed by atoms with Gasteiger partial charge >= 0.3 is 0 Å². The van der Waals surface area contributed by atoms with Crippen LogP contribution < -0.4 is 11.1 Å². The van der Waals surface area contributed by atoms with E-state index in [1.54, 1.807) is 0 Å².